The van der Waals surface area contributed by atoms with Crippen LogP contribution in [0, 0.1) is 0 Å². The molecule has 0 aliphatic rings. The molecule has 0 N–H and O–H groups in total. The Morgan fingerprint density at radius 2 is 1.79 bits per heavy atom. The van der Waals surface area contributed by atoms with Gasteiger partial charge in [-0.1, -0.05) is 19.1 Å². The van der Waals surface area contributed by atoms with Gasteiger partial charge in [-0.2, -0.15) is 4.31 Å². The summed E-state index contributed by atoms with van der Waals surface area (Å²) in [6.07, 6.45) is 1.56. The third-order valence-corrected chi connectivity index (χ3v) is 5.21. The molecule has 1 aromatic rings. The molecule has 0 radical (unpaired) electrons. The monoisotopic (exact) mass is 303 g/mol. The zero-order valence-corrected chi connectivity index (χ0v) is 13.3. The first-order valence-corrected chi connectivity index (χ1v) is 8.57. The third kappa shape index (κ3) is 4.20. The lowest BCUT2D eigenvalue weighted by molar-refractivity contribution is 0.354. The fourth-order valence-electron chi connectivity index (χ4n) is 1.95. The molecule has 0 fully saturated rings. The number of rotatable bonds is 7. The van der Waals surface area contributed by atoms with Gasteiger partial charge in [0, 0.05) is 18.5 Å². The first-order chi connectivity index (χ1) is 8.93. The molecule has 1 aromatic carbocycles. The molecule has 0 spiro atoms. The van der Waals surface area contributed by atoms with Gasteiger partial charge in [0.25, 0.3) is 0 Å². The van der Waals surface area contributed by atoms with Crippen LogP contribution in [-0.4, -0.2) is 31.2 Å². The van der Waals surface area contributed by atoms with Crippen molar-refractivity contribution in [2.45, 2.75) is 44.6 Å². The van der Waals surface area contributed by atoms with Crippen LogP contribution in [0.4, 0.5) is 0 Å². The van der Waals surface area contributed by atoms with Gasteiger partial charge in [-0.3, -0.25) is 0 Å². The average molecular weight is 304 g/mol. The minimum Gasteiger partial charge on any atom is -0.207 e. The van der Waals surface area contributed by atoms with E-state index in [9.17, 15) is 8.42 Å². The van der Waals surface area contributed by atoms with E-state index in [4.69, 9.17) is 11.6 Å². The Balaban J connectivity index is 3.04. The van der Waals surface area contributed by atoms with E-state index >= 15 is 0 Å². The number of benzene rings is 1. The average Bonchev–Trinajstić information content (AvgIpc) is 2.36. The van der Waals surface area contributed by atoms with Crippen LogP contribution in [0.15, 0.2) is 29.2 Å². The summed E-state index contributed by atoms with van der Waals surface area (Å²) in [5.74, 6) is 0.542. The molecule has 0 saturated carbocycles. The van der Waals surface area contributed by atoms with Crippen LogP contribution in [-0.2, 0) is 16.4 Å². The summed E-state index contributed by atoms with van der Waals surface area (Å²) < 4.78 is 26.6. The van der Waals surface area contributed by atoms with Crippen molar-refractivity contribution >= 4 is 21.6 Å². The second-order valence-electron chi connectivity index (χ2n) is 4.79. The van der Waals surface area contributed by atoms with Crippen LogP contribution in [0.3, 0.4) is 0 Å². The van der Waals surface area contributed by atoms with Crippen molar-refractivity contribution in [1.29, 1.82) is 0 Å². The summed E-state index contributed by atoms with van der Waals surface area (Å²) in [7, 11) is -3.39. The fraction of sp³-hybridized carbons (Fsp3) is 0.571. The van der Waals surface area contributed by atoms with E-state index in [0.29, 0.717) is 17.3 Å². The van der Waals surface area contributed by atoms with E-state index < -0.39 is 10.0 Å². The molecule has 1 rings (SSSR count). The topological polar surface area (TPSA) is 37.4 Å². The highest BCUT2D eigenvalue weighted by Crippen LogP contribution is 2.19. The maximum absolute atomic E-state index is 12.5. The van der Waals surface area contributed by atoms with Gasteiger partial charge in [0.05, 0.1) is 4.90 Å². The van der Waals surface area contributed by atoms with Gasteiger partial charge in [-0.25, -0.2) is 8.42 Å². The predicted octanol–water partition coefficient (Wildman–Crippen LogP) is 3.28. The Morgan fingerprint density at radius 1 is 1.21 bits per heavy atom. The van der Waals surface area contributed by atoms with Crippen LogP contribution >= 0.6 is 11.6 Å². The van der Waals surface area contributed by atoms with Gasteiger partial charge in [0.1, 0.15) is 0 Å². The summed E-state index contributed by atoms with van der Waals surface area (Å²) in [6.45, 7) is 6.32. The molecule has 0 unspecified atom stereocenters. The second kappa shape index (κ2) is 7.27. The van der Waals surface area contributed by atoms with Crippen LogP contribution in [0.25, 0.3) is 0 Å². The number of halogens is 1. The van der Waals surface area contributed by atoms with Crippen molar-refractivity contribution < 1.29 is 8.42 Å². The molecule has 0 heterocycles. The highest BCUT2D eigenvalue weighted by molar-refractivity contribution is 7.89. The highest BCUT2D eigenvalue weighted by Gasteiger charge is 2.25. The van der Waals surface area contributed by atoms with Crippen molar-refractivity contribution in [3.05, 3.63) is 29.8 Å². The molecule has 5 heteroatoms. The molecule has 0 aliphatic heterocycles. The molecule has 0 aromatic heterocycles. The summed E-state index contributed by atoms with van der Waals surface area (Å²) >= 11 is 5.67. The van der Waals surface area contributed by atoms with Gasteiger partial charge in [-0.05, 0) is 44.4 Å². The van der Waals surface area contributed by atoms with Crippen molar-refractivity contribution in [3.8, 4) is 0 Å². The van der Waals surface area contributed by atoms with Gasteiger partial charge >= 0.3 is 0 Å². The van der Waals surface area contributed by atoms with Gasteiger partial charge in [0.2, 0.25) is 10.0 Å². The number of hydrogen-bond donors (Lipinski definition) is 0. The Morgan fingerprint density at radius 3 is 2.21 bits per heavy atom. The van der Waals surface area contributed by atoms with Crippen molar-refractivity contribution in [1.82, 2.24) is 4.31 Å². The summed E-state index contributed by atoms with van der Waals surface area (Å²) in [6, 6.07) is 6.97. The third-order valence-electron chi connectivity index (χ3n) is 2.93. The normalized spacial score (nSPS) is 12.3. The lowest BCUT2D eigenvalue weighted by Gasteiger charge is -2.25. The molecule has 108 valence electrons. The molecule has 0 saturated heterocycles. The van der Waals surface area contributed by atoms with Crippen LogP contribution in [0.2, 0.25) is 0 Å². The Kier molecular flexibility index (Phi) is 6.30. The van der Waals surface area contributed by atoms with E-state index in [-0.39, 0.29) is 6.04 Å². The Labute approximate surface area is 121 Å². The Hall–Kier alpha value is -0.580. The maximum atomic E-state index is 12.5. The first kappa shape index (κ1) is 16.5. The van der Waals surface area contributed by atoms with Crippen molar-refractivity contribution in [3.63, 3.8) is 0 Å². The van der Waals surface area contributed by atoms with Crippen LogP contribution in [0.1, 0.15) is 32.8 Å². The summed E-state index contributed by atoms with van der Waals surface area (Å²) in [5.41, 5.74) is 1.06. The smallest absolute Gasteiger partial charge is 0.207 e. The predicted molar refractivity (Wildman–Crippen MR) is 80.2 cm³/mol. The zero-order valence-electron chi connectivity index (χ0n) is 11.8. The van der Waals surface area contributed by atoms with Crippen LogP contribution < -0.4 is 0 Å². The number of aryl methyl sites for hydroxylation is 1. The number of nitrogens with zero attached hydrogens (tertiary/aromatic N) is 1. The van der Waals surface area contributed by atoms with E-state index in [1.807, 2.05) is 32.9 Å². The van der Waals surface area contributed by atoms with E-state index in [1.165, 1.54) is 0 Å². The minimum atomic E-state index is -3.39. The van der Waals surface area contributed by atoms with E-state index in [0.717, 1.165) is 18.4 Å². The lowest BCUT2D eigenvalue weighted by atomic mass is 10.2. The summed E-state index contributed by atoms with van der Waals surface area (Å²) in [5, 5.41) is 0. The van der Waals surface area contributed by atoms with Crippen LogP contribution in [0.5, 0.6) is 0 Å². The van der Waals surface area contributed by atoms with Gasteiger partial charge < -0.3 is 0 Å². The fourth-order valence-corrected chi connectivity index (χ4v) is 3.90. The minimum absolute atomic E-state index is 0.0348. The molecular formula is C14H22ClNO2S. The van der Waals surface area contributed by atoms with E-state index in [1.54, 1.807) is 16.4 Å². The quantitative estimate of drug-likeness (QED) is 0.725. The molecule has 0 bridgehead atoms. The SMILES string of the molecule is CCCN(C(C)C)S(=O)(=O)c1ccc(CCCl)cc1. The highest BCUT2D eigenvalue weighted by atomic mass is 35.5. The number of sulfonamides is 1. The summed E-state index contributed by atoms with van der Waals surface area (Å²) in [4.78, 5) is 0.355. The number of alkyl halides is 1. The standard InChI is InChI=1S/C14H22ClNO2S/c1-4-11-16(12(2)3)19(17,18)14-7-5-13(6-8-14)9-10-15/h5-8,12H,4,9-11H2,1-3H3. The molecule has 0 amide bonds. The molecule has 0 aliphatic carbocycles. The van der Waals surface area contributed by atoms with Gasteiger partial charge in [0.15, 0.2) is 0 Å². The number of hydrogen-bond acceptors (Lipinski definition) is 2. The molecular weight excluding hydrogens is 282 g/mol. The molecule has 0 atom stereocenters. The van der Waals surface area contributed by atoms with E-state index in [2.05, 4.69) is 0 Å². The first-order valence-electron chi connectivity index (χ1n) is 6.60. The molecule has 19 heavy (non-hydrogen) atoms. The zero-order chi connectivity index (χ0) is 14.5. The Bertz CT molecular complexity index is 483. The van der Waals surface area contributed by atoms with Gasteiger partial charge in [-0.15, -0.1) is 11.6 Å². The second-order valence-corrected chi connectivity index (χ2v) is 7.06. The molecule has 3 nitrogen and oxygen atoms in total. The lowest BCUT2D eigenvalue weighted by Crippen LogP contribution is -2.37. The largest absolute Gasteiger partial charge is 0.243 e. The van der Waals surface area contributed by atoms with Crippen molar-refractivity contribution in [2.75, 3.05) is 12.4 Å². The maximum Gasteiger partial charge on any atom is 0.243 e. The van der Waals surface area contributed by atoms with Crippen molar-refractivity contribution in [2.24, 2.45) is 0 Å².